The molecule has 132 valence electrons. The minimum atomic E-state index is -0.533. The number of nitrogens with zero attached hydrogens (tertiary/aromatic N) is 1. The van der Waals surface area contributed by atoms with E-state index in [1.54, 1.807) is 0 Å². The lowest BCUT2D eigenvalue weighted by atomic mass is 10.1. The zero-order valence-corrected chi connectivity index (χ0v) is 15.4. The van der Waals surface area contributed by atoms with Crippen LogP contribution < -0.4 is 10.6 Å². The number of para-hydroxylation sites is 1. The Morgan fingerprint density at radius 1 is 1.04 bits per heavy atom. The molecule has 1 aromatic heterocycles. The van der Waals surface area contributed by atoms with Crippen molar-refractivity contribution in [3.63, 3.8) is 0 Å². The van der Waals surface area contributed by atoms with Gasteiger partial charge in [-0.25, -0.2) is 9.78 Å². The average Bonchev–Trinajstić information content (AvgIpc) is 2.62. The summed E-state index contributed by atoms with van der Waals surface area (Å²) in [4.78, 5) is 28.5. The Labute approximate surface area is 156 Å². The predicted octanol–water partition coefficient (Wildman–Crippen LogP) is 4.29. The van der Waals surface area contributed by atoms with Gasteiger partial charge in [0.1, 0.15) is 0 Å². The summed E-state index contributed by atoms with van der Waals surface area (Å²) in [5.74, 6) is -0.252. The van der Waals surface area contributed by atoms with Gasteiger partial charge in [0.25, 0.3) is 0 Å². The van der Waals surface area contributed by atoms with Crippen LogP contribution in [0.25, 0.3) is 10.9 Å². The van der Waals surface area contributed by atoms with Crippen LogP contribution in [0.5, 0.6) is 0 Å². The van der Waals surface area contributed by atoms with Crippen molar-refractivity contribution in [1.82, 2.24) is 10.3 Å². The summed E-state index contributed by atoms with van der Waals surface area (Å²) in [6, 6.07) is 16.8. The zero-order chi connectivity index (χ0) is 18.5. The molecule has 0 spiro atoms. The lowest BCUT2D eigenvalue weighted by Gasteiger charge is -2.09. The van der Waals surface area contributed by atoms with Crippen molar-refractivity contribution in [2.45, 2.75) is 18.9 Å². The van der Waals surface area contributed by atoms with E-state index in [-0.39, 0.29) is 11.7 Å². The average molecular weight is 365 g/mol. The molecule has 1 heterocycles. The van der Waals surface area contributed by atoms with Crippen LogP contribution in [0.2, 0.25) is 0 Å². The summed E-state index contributed by atoms with van der Waals surface area (Å²) in [6.45, 7) is 3.89. The van der Waals surface area contributed by atoms with Gasteiger partial charge >= 0.3 is 6.03 Å². The quantitative estimate of drug-likeness (QED) is 0.677. The molecule has 3 rings (SSSR count). The van der Waals surface area contributed by atoms with E-state index in [0.29, 0.717) is 5.69 Å². The largest absolute Gasteiger partial charge is 0.325 e. The van der Waals surface area contributed by atoms with E-state index in [2.05, 4.69) is 15.6 Å². The van der Waals surface area contributed by atoms with Crippen molar-refractivity contribution in [2.24, 2.45) is 0 Å². The Morgan fingerprint density at radius 2 is 1.85 bits per heavy atom. The van der Waals surface area contributed by atoms with E-state index >= 15 is 0 Å². The number of carbonyl (C=O) groups excluding carboxylic acids is 2. The first-order valence-electron chi connectivity index (χ1n) is 8.18. The number of amides is 3. The van der Waals surface area contributed by atoms with Gasteiger partial charge in [0.2, 0.25) is 5.91 Å². The van der Waals surface area contributed by atoms with Gasteiger partial charge in [-0.15, -0.1) is 0 Å². The molecular weight excluding hydrogens is 346 g/mol. The standard InChI is InChI=1S/C20H19N3O2S/c1-13-7-9-16(14(2)11-13)22-20(25)23-18(24)12-26-19-10-8-15-5-3-4-6-17(15)21-19/h3-11H,12H2,1-2H3,(H2,22,23,24,25). The fraction of sp³-hybridized carbons (Fsp3) is 0.150. The molecule has 3 aromatic rings. The van der Waals surface area contributed by atoms with Gasteiger partial charge in [-0.1, -0.05) is 53.7 Å². The number of aromatic nitrogens is 1. The third-order valence-electron chi connectivity index (χ3n) is 3.81. The van der Waals surface area contributed by atoms with E-state index in [4.69, 9.17) is 0 Å². The maximum Gasteiger partial charge on any atom is 0.325 e. The number of thioether (sulfide) groups is 1. The number of nitrogens with one attached hydrogen (secondary N) is 2. The number of benzene rings is 2. The van der Waals surface area contributed by atoms with E-state index in [1.165, 1.54) is 11.8 Å². The molecule has 2 aromatic carbocycles. The van der Waals surface area contributed by atoms with Gasteiger partial charge in [-0.2, -0.15) is 0 Å². The highest BCUT2D eigenvalue weighted by atomic mass is 32.2. The van der Waals surface area contributed by atoms with Crippen LogP contribution in [0.15, 0.2) is 59.6 Å². The maximum atomic E-state index is 12.0. The smallest absolute Gasteiger partial charge is 0.307 e. The molecule has 0 saturated heterocycles. The molecule has 0 fully saturated rings. The molecule has 0 aliphatic carbocycles. The van der Waals surface area contributed by atoms with Gasteiger partial charge < -0.3 is 5.32 Å². The first-order valence-corrected chi connectivity index (χ1v) is 9.16. The van der Waals surface area contributed by atoms with Crippen molar-refractivity contribution in [2.75, 3.05) is 11.1 Å². The molecule has 0 aliphatic heterocycles. The van der Waals surface area contributed by atoms with E-state index < -0.39 is 6.03 Å². The number of fused-ring (bicyclic) bond motifs is 1. The van der Waals surface area contributed by atoms with Crippen molar-refractivity contribution >= 4 is 40.3 Å². The number of aryl methyl sites for hydroxylation is 2. The van der Waals surface area contributed by atoms with Crippen LogP contribution in [-0.2, 0) is 4.79 Å². The second kappa shape index (κ2) is 8.01. The maximum absolute atomic E-state index is 12.0. The summed E-state index contributed by atoms with van der Waals surface area (Å²) in [6.07, 6.45) is 0. The van der Waals surface area contributed by atoms with Crippen LogP contribution >= 0.6 is 11.8 Å². The monoisotopic (exact) mass is 365 g/mol. The lowest BCUT2D eigenvalue weighted by molar-refractivity contribution is -0.117. The fourth-order valence-corrected chi connectivity index (χ4v) is 3.22. The molecule has 0 radical (unpaired) electrons. The molecule has 0 aliphatic rings. The van der Waals surface area contributed by atoms with E-state index in [0.717, 1.165) is 27.1 Å². The van der Waals surface area contributed by atoms with Gasteiger partial charge in [-0.3, -0.25) is 10.1 Å². The number of pyridine rings is 1. The molecule has 0 atom stereocenters. The molecule has 0 unspecified atom stereocenters. The summed E-state index contributed by atoms with van der Waals surface area (Å²) < 4.78 is 0. The Morgan fingerprint density at radius 3 is 2.65 bits per heavy atom. The van der Waals surface area contributed by atoms with Crippen LogP contribution in [0.4, 0.5) is 10.5 Å². The third-order valence-corrected chi connectivity index (χ3v) is 4.74. The number of urea groups is 1. The molecule has 6 heteroatoms. The highest BCUT2D eigenvalue weighted by molar-refractivity contribution is 7.99. The highest BCUT2D eigenvalue weighted by Gasteiger charge is 2.10. The minimum absolute atomic E-state index is 0.117. The Kier molecular flexibility index (Phi) is 5.53. The summed E-state index contributed by atoms with van der Waals surface area (Å²) >= 11 is 1.29. The number of anilines is 1. The van der Waals surface area contributed by atoms with Crippen LogP contribution in [0.1, 0.15) is 11.1 Å². The third kappa shape index (κ3) is 4.61. The van der Waals surface area contributed by atoms with Crippen LogP contribution in [0, 0.1) is 13.8 Å². The molecule has 0 saturated carbocycles. The van der Waals surface area contributed by atoms with Crippen LogP contribution in [-0.4, -0.2) is 22.7 Å². The zero-order valence-electron chi connectivity index (χ0n) is 14.6. The number of hydrogen-bond acceptors (Lipinski definition) is 4. The second-order valence-electron chi connectivity index (χ2n) is 5.95. The molecule has 5 nitrogen and oxygen atoms in total. The van der Waals surface area contributed by atoms with Crippen molar-refractivity contribution in [3.05, 3.63) is 65.7 Å². The highest BCUT2D eigenvalue weighted by Crippen LogP contribution is 2.20. The van der Waals surface area contributed by atoms with Crippen molar-refractivity contribution in [3.8, 4) is 0 Å². The van der Waals surface area contributed by atoms with Gasteiger partial charge in [-0.05, 0) is 37.6 Å². The van der Waals surface area contributed by atoms with E-state index in [9.17, 15) is 9.59 Å². The molecular formula is C20H19N3O2S. The molecule has 3 amide bonds. The Hall–Kier alpha value is -2.86. The summed E-state index contributed by atoms with van der Waals surface area (Å²) in [7, 11) is 0. The molecule has 26 heavy (non-hydrogen) atoms. The van der Waals surface area contributed by atoms with Gasteiger partial charge in [0.05, 0.1) is 16.3 Å². The van der Waals surface area contributed by atoms with Crippen molar-refractivity contribution < 1.29 is 9.59 Å². The first kappa shape index (κ1) is 17.9. The SMILES string of the molecule is Cc1ccc(NC(=O)NC(=O)CSc2ccc3ccccc3n2)c(C)c1. The molecule has 2 N–H and O–H groups in total. The molecule has 0 bridgehead atoms. The number of hydrogen-bond donors (Lipinski definition) is 2. The second-order valence-corrected chi connectivity index (χ2v) is 6.95. The number of carbonyl (C=O) groups is 2. The predicted molar refractivity (Wildman–Crippen MR) is 106 cm³/mol. The normalized spacial score (nSPS) is 10.5. The van der Waals surface area contributed by atoms with Crippen LogP contribution in [0.3, 0.4) is 0 Å². The lowest BCUT2D eigenvalue weighted by Crippen LogP contribution is -2.35. The Bertz CT molecular complexity index is 972. The fourth-order valence-electron chi connectivity index (χ4n) is 2.54. The minimum Gasteiger partial charge on any atom is -0.307 e. The van der Waals surface area contributed by atoms with Gasteiger partial charge in [0, 0.05) is 11.1 Å². The summed E-state index contributed by atoms with van der Waals surface area (Å²) in [5.41, 5.74) is 3.63. The first-order chi connectivity index (χ1) is 12.5. The van der Waals surface area contributed by atoms with E-state index in [1.807, 2.05) is 68.4 Å². The summed E-state index contributed by atoms with van der Waals surface area (Å²) in [5, 5.41) is 6.83. The van der Waals surface area contributed by atoms with Gasteiger partial charge in [0.15, 0.2) is 0 Å². The Balaban J connectivity index is 1.53. The topological polar surface area (TPSA) is 71.1 Å². The number of rotatable bonds is 4. The number of imide groups is 1. The van der Waals surface area contributed by atoms with Crippen molar-refractivity contribution in [1.29, 1.82) is 0 Å².